The molecule has 1 saturated carbocycles. The van der Waals surface area contributed by atoms with E-state index in [4.69, 9.17) is 4.74 Å². The van der Waals surface area contributed by atoms with E-state index in [2.05, 4.69) is 66.4 Å². The van der Waals surface area contributed by atoms with Crippen LogP contribution in [-0.2, 0) is 4.79 Å². The molecule has 3 aromatic carbocycles. The number of hydrogen-bond donors (Lipinski definition) is 1. The molecule has 1 fully saturated rings. The maximum absolute atomic E-state index is 11.2. The van der Waals surface area contributed by atoms with Gasteiger partial charge in [0, 0.05) is 23.7 Å². The molecule has 0 aromatic heterocycles. The van der Waals surface area contributed by atoms with Gasteiger partial charge in [0.05, 0.1) is 0 Å². The Morgan fingerprint density at radius 3 is 2.48 bits per heavy atom. The number of fused-ring (bicyclic) bond motifs is 1. The van der Waals surface area contributed by atoms with Crippen molar-refractivity contribution in [2.45, 2.75) is 57.6 Å². The molecule has 1 aliphatic carbocycles. The van der Waals surface area contributed by atoms with Gasteiger partial charge in [0.15, 0.2) is 6.10 Å². The van der Waals surface area contributed by atoms with Crippen molar-refractivity contribution in [1.29, 1.82) is 0 Å². The highest BCUT2D eigenvalue weighted by atomic mass is 16.5. The molecule has 0 saturated heterocycles. The molecule has 3 aromatic rings. The summed E-state index contributed by atoms with van der Waals surface area (Å²) >= 11 is 0. The van der Waals surface area contributed by atoms with Crippen LogP contribution in [0.1, 0.15) is 51.0 Å². The standard InChI is InChI=1S/C27H31NO3/c1-3-26(27(29)30)31-23-16-13-19(14-17-23)21-12-15-22(18-21)28(4-2)25-11-7-9-20-8-5-6-10-24(20)25/h5-11,13-14,16-17,21-22,26H,3-4,12,15,18H2,1-2H3,(H,29,30). The molecular formula is C27H31NO3. The fourth-order valence-corrected chi connectivity index (χ4v) is 4.92. The van der Waals surface area contributed by atoms with Gasteiger partial charge in [-0.05, 0) is 67.7 Å². The van der Waals surface area contributed by atoms with Crippen LogP contribution in [0.15, 0.2) is 66.7 Å². The Hall–Kier alpha value is -3.01. The van der Waals surface area contributed by atoms with Gasteiger partial charge in [-0.15, -0.1) is 0 Å². The summed E-state index contributed by atoms with van der Waals surface area (Å²) in [5.74, 6) is 0.223. The summed E-state index contributed by atoms with van der Waals surface area (Å²) in [5, 5.41) is 11.8. The van der Waals surface area contributed by atoms with E-state index in [0.717, 1.165) is 13.0 Å². The lowest BCUT2D eigenvalue weighted by Crippen LogP contribution is -2.33. The summed E-state index contributed by atoms with van der Waals surface area (Å²) in [5.41, 5.74) is 2.64. The van der Waals surface area contributed by atoms with Crippen molar-refractivity contribution in [3.05, 3.63) is 72.3 Å². The number of hydrogen-bond acceptors (Lipinski definition) is 3. The molecule has 0 spiro atoms. The minimum absolute atomic E-state index is 0.447. The van der Waals surface area contributed by atoms with E-state index >= 15 is 0 Å². The van der Waals surface area contributed by atoms with Crippen LogP contribution in [0.3, 0.4) is 0 Å². The van der Waals surface area contributed by atoms with Gasteiger partial charge in [0.25, 0.3) is 0 Å². The highest BCUT2D eigenvalue weighted by Gasteiger charge is 2.30. The van der Waals surface area contributed by atoms with E-state index in [1.165, 1.54) is 34.9 Å². The fraction of sp³-hybridized carbons (Fsp3) is 0.370. The molecular weight excluding hydrogens is 386 g/mol. The molecule has 4 heteroatoms. The molecule has 3 atom stereocenters. The molecule has 0 aliphatic heterocycles. The second-order valence-electron chi connectivity index (χ2n) is 8.37. The number of anilines is 1. The topological polar surface area (TPSA) is 49.8 Å². The average molecular weight is 418 g/mol. The number of rotatable bonds is 8. The molecule has 1 aliphatic rings. The van der Waals surface area contributed by atoms with Crippen LogP contribution >= 0.6 is 0 Å². The van der Waals surface area contributed by atoms with Crippen LogP contribution in [0.4, 0.5) is 5.69 Å². The Kier molecular flexibility index (Phi) is 6.45. The minimum atomic E-state index is -0.918. The smallest absolute Gasteiger partial charge is 0.344 e. The Labute approximate surface area is 184 Å². The summed E-state index contributed by atoms with van der Waals surface area (Å²) in [6.45, 7) is 5.06. The van der Waals surface area contributed by atoms with Crippen molar-refractivity contribution in [2.24, 2.45) is 0 Å². The number of carbonyl (C=O) groups is 1. The fourth-order valence-electron chi connectivity index (χ4n) is 4.92. The van der Waals surface area contributed by atoms with E-state index in [0.29, 0.717) is 24.1 Å². The normalized spacial score (nSPS) is 19.3. The molecule has 0 heterocycles. The van der Waals surface area contributed by atoms with Crippen LogP contribution in [-0.4, -0.2) is 29.8 Å². The minimum Gasteiger partial charge on any atom is -0.479 e. The molecule has 31 heavy (non-hydrogen) atoms. The largest absolute Gasteiger partial charge is 0.479 e. The molecule has 4 nitrogen and oxygen atoms in total. The number of nitrogens with zero attached hydrogens (tertiary/aromatic N) is 1. The number of aliphatic carboxylic acids is 1. The zero-order chi connectivity index (χ0) is 21.8. The third-order valence-electron chi connectivity index (χ3n) is 6.54. The van der Waals surface area contributed by atoms with E-state index < -0.39 is 12.1 Å². The Balaban J connectivity index is 1.47. The van der Waals surface area contributed by atoms with Crippen LogP contribution < -0.4 is 9.64 Å². The number of ether oxygens (including phenoxy) is 1. The van der Waals surface area contributed by atoms with Crippen molar-refractivity contribution in [2.75, 3.05) is 11.4 Å². The lowest BCUT2D eigenvalue weighted by molar-refractivity contribution is -0.145. The number of carboxylic acids is 1. The summed E-state index contributed by atoms with van der Waals surface area (Å²) in [4.78, 5) is 13.8. The van der Waals surface area contributed by atoms with Gasteiger partial charge in [-0.25, -0.2) is 4.79 Å². The lowest BCUT2D eigenvalue weighted by Gasteiger charge is -2.31. The van der Waals surface area contributed by atoms with Gasteiger partial charge in [-0.1, -0.05) is 55.5 Å². The summed E-state index contributed by atoms with van der Waals surface area (Å²) in [6, 6.07) is 23.8. The molecule has 0 bridgehead atoms. The summed E-state index contributed by atoms with van der Waals surface area (Å²) in [6.07, 6.45) is 3.13. The second-order valence-corrected chi connectivity index (χ2v) is 8.37. The Morgan fingerprint density at radius 1 is 1.03 bits per heavy atom. The first-order valence-corrected chi connectivity index (χ1v) is 11.3. The second kappa shape index (κ2) is 9.42. The molecule has 1 N–H and O–H groups in total. The SMILES string of the molecule is CCC(Oc1ccc(C2CCC(N(CC)c3cccc4ccccc34)C2)cc1)C(=O)O. The van der Waals surface area contributed by atoms with Gasteiger partial charge in [0.1, 0.15) is 5.75 Å². The van der Waals surface area contributed by atoms with Crippen molar-refractivity contribution in [3.63, 3.8) is 0 Å². The van der Waals surface area contributed by atoms with Gasteiger partial charge < -0.3 is 14.7 Å². The number of benzene rings is 3. The van der Waals surface area contributed by atoms with Gasteiger partial charge in [-0.2, -0.15) is 0 Å². The Morgan fingerprint density at radius 2 is 1.77 bits per heavy atom. The van der Waals surface area contributed by atoms with Gasteiger partial charge in [-0.3, -0.25) is 0 Å². The lowest BCUT2D eigenvalue weighted by atomic mass is 9.97. The van der Waals surface area contributed by atoms with Gasteiger partial charge >= 0.3 is 5.97 Å². The van der Waals surface area contributed by atoms with Gasteiger partial charge in [0.2, 0.25) is 0 Å². The molecule has 162 valence electrons. The monoisotopic (exact) mass is 417 g/mol. The highest BCUT2D eigenvalue weighted by molar-refractivity contribution is 5.94. The highest BCUT2D eigenvalue weighted by Crippen LogP contribution is 2.40. The van der Waals surface area contributed by atoms with Crippen LogP contribution in [0.5, 0.6) is 5.75 Å². The molecule has 0 amide bonds. The zero-order valence-electron chi connectivity index (χ0n) is 18.3. The zero-order valence-corrected chi connectivity index (χ0v) is 18.3. The first-order valence-electron chi connectivity index (χ1n) is 11.3. The predicted molar refractivity (Wildman–Crippen MR) is 126 cm³/mol. The van der Waals surface area contributed by atoms with Crippen molar-refractivity contribution >= 4 is 22.4 Å². The Bertz CT molecular complexity index is 1020. The van der Waals surface area contributed by atoms with E-state index in [1.54, 1.807) is 0 Å². The first-order chi connectivity index (χ1) is 15.1. The van der Waals surface area contributed by atoms with Crippen molar-refractivity contribution in [1.82, 2.24) is 0 Å². The maximum atomic E-state index is 11.2. The molecule has 4 rings (SSSR count). The summed E-state index contributed by atoms with van der Waals surface area (Å²) in [7, 11) is 0. The van der Waals surface area contributed by atoms with Crippen molar-refractivity contribution in [3.8, 4) is 5.75 Å². The van der Waals surface area contributed by atoms with E-state index in [9.17, 15) is 9.90 Å². The third kappa shape index (κ3) is 4.53. The molecule has 0 radical (unpaired) electrons. The molecule has 3 unspecified atom stereocenters. The van der Waals surface area contributed by atoms with E-state index in [-0.39, 0.29) is 0 Å². The first kappa shape index (κ1) is 21.2. The quantitative estimate of drug-likeness (QED) is 0.471. The van der Waals surface area contributed by atoms with Crippen LogP contribution in [0, 0.1) is 0 Å². The van der Waals surface area contributed by atoms with E-state index in [1.807, 2.05) is 19.1 Å². The average Bonchev–Trinajstić information content (AvgIpc) is 3.28. The summed E-state index contributed by atoms with van der Waals surface area (Å²) < 4.78 is 5.61. The predicted octanol–water partition coefficient (Wildman–Crippen LogP) is 6.24. The van der Waals surface area contributed by atoms with Crippen LogP contribution in [0.25, 0.3) is 10.8 Å². The van der Waals surface area contributed by atoms with Crippen molar-refractivity contribution < 1.29 is 14.6 Å². The third-order valence-corrected chi connectivity index (χ3v) is 6.54. The maximum Gasteiger partial charge on any atom is 0.344 e. The van der Waals surface area contributed by atoms with Crippen LogP contribution in [0.2, 0.25) is 0 Å². The number of carboxylic acid groups (broad SMARTS) is 1.